The Morgan fingerprint density at radius 2 is 1.96 bits per heavy atom. The Labute approximate surface area is 159 Å². The first-order valence-corrected chi connectivity index (χ1v) is 10.1. The van der Waals surface area contributed by atoms with E-state index in [0.717, 1.165) is 11.1 Å². The topological polar surface area (TPSA) is 64.6 Å². The van der Waals surface area contributed by atoms with Gasteiger partial charge in [-0.25, -0.2) is 13.1 Å². The molecule has 0 saturated heterocycles. The monoisotopic (exact) mass is 395 g/mol. The number of halogens is 1. The molecule has 0 amide bonds. The minimum Gasteiger partial charge on any atom is -0.495 e. The second-order valence-corrected chi connectivity index (χ2v) is 9.20. The van der Waals surface area contributed by atoms with Crippen LogP contribution >= 0.6 is 11.6 Å². The van der Waals surface area contributed by atoms with E-state index in [-0.39, 0.29) is 10.6 Å². The highest BCUT2D eigenvalue weighted by Crippen LogP contribution is 2.41. The van der Waals surface area contributed by atoms with Crippen LogP contribution in [0.25, 0.3) is 0 Å². The SMILES string of the molecule is COc1ccc(Cl)cc1S(=O)(=O)N[C@@H]1CC(C)(C)Oc2cc(C)ccc21. The van der Waals surface area contributed by atoms with Gasteiger partial charge in [0.1, 0.15) is 22.0 Å². The predicted octanol–water partition coefficient (Wildman–Crippen LogP) is 4.24. The molecule has 5 nitrogen and oxygen atoms in total. The van der Waals surface area contributed by atoms with Crippen molar-refractivity contribution in [2.45, 2.75) is 43.7 Å². The Balaban J connectivity index is 2.02. The average molecular weight is 396 g/mol. The van der Waals surface area contributed by atoms with Crippen molar-refractivity contribution in [3.8, 4) is 11.5 Å². The van der Waals surface area contributed by atoms with Gasteiger partial charge in [-0.2, -0.15) is 0 Å². The van der Waals surface area contributed by atoms with E-state index in [0.29, 0.717) is 17.2 Å². The third kappa shape index (κ3) is 3.82. The fourth-order valence-electron chi connectivity index (χ4n) is 3.18. The summed E-state index contributed by atoms with van der Waals surface area (Å²) in [7, 11) is -2.41. The van der Waals surface area contributed by atoms with Crippen LogP contribution in [0, 0.1) is 6.92 Å². The number of ether oxygens (including phenoxy) is 2. The second-order valence-electron chi connectivity index (χ2n) is 7.08. The zero-order chi connectivity index (χ0) is 19.1. The molecule has 2 aromatic carbocycles. The third-order valence-corrected chi connectivity index (χ3v) is 6.07. The van der Waals surface area contributed by atoms with Crippen molar-refractivity contribution in [3.63, 3.8) is 0 Å². The van der Waals surface area contributed by atoms with Crippen LogP contribution in [-0.4, -0.2) is 21.1 Å². The molecule has 1 atom stereocenters. The Morgan fingerprint density at radius 3 is 2.65 bits per heavy atom. The van der Waals surface area contributed by atoms with Crippen molar-refractivity contribution in [1.29, 1.82) is 0 Å². The zero-order valence-electron chi connectivity index (χ0n) is 15.2. The van der Waals surface area contributed by atoms with Crippen molar-refractivity contribution < 1.29 is 17.9 Å². The van der Waals surface area contributed by atoms with Crippen LogP contribution in [0.1, 0.15) is 37.4 Å². The number of hydrogen-bond donors (Lipinski definition) is 1. The number of rotatable bonds is 4. The Hall–Kier alpha value is -1.76. The number of hydrogen-bond acceptors (Lipinski definition) is 4. The normalized spacial score (nSPS) is 18.7. The number of methoxy groups -OCH3 is 1. The van der Waals surface area contributed by atoms with Gasteiger partial charge in [-0.05, 0) is 50.6 Å². The molecule has 1 heterocycles. The molecule has 7 heteroatoms. The highest BCUT2D eigenvalue weighted by atomic mass is 35.5. The van der Waals surface area contributed by atoms with Crippen molar-refractivity contribution in [2.24, 2.45) is 0 Å². The van der Waals surface area contributed by atoms with Gasteiger partial charge in [0.2, 0.25) is 10.0 Å². The smallest absolute Gasteiger partial charge is 0.244 e. The van der Waals surface area contributed by atoms with Gasteiger partial charge in [0, 0.05) is 17.0 Å². The number of fused-ring (bicyclic) bond motifs is 1. The van der Waals surface area contributed by atoms with E-state index in [1.807, 2.05) is 39.0 Å². The summed E-state index contributed by atoms with van der Waals surface area (Å²) in [4.78, 5) is 0.0189. The molecule has 0 saturated carbocycles. The van der Waals surface area contributed by atoms with Gasteiger partial charge in [0.05, 0.1) is 13.2 Å². The van der Waals surface area contributed by atoms with E-state index in [1.54, 1.807) is 12.1 Å². The van der Waals surface area contributed by atoms with Crippen LogP contribution in [0.2, 0.25) is 5.02 Å². The standard InChI is InChI=1S/C19H22ClNO4S/c1-12-5-7-14-15(11-19(2,3)25-17(14)9-12)21-26(22,23)18-10-13(20)6-8-16(18)24-4/h5-10,15,21H,11H2,1-4H3/t15-/m1/s1. The molecule has 0 radical (unpaired) electrons. The van der Waals surface area contributed by atoms with Gasteiger partial charge in [0.25, 0.3) is 0 Å². The first-order valence-electron chi connectivity index (χ1n) is 8.27. The Bertz CT molecular complexity index is 941. The molecular weight excluding hydrogens is 374 g/mol. The predicted molar refractivity (Wildman–Crippen MR) is 102 cm³/mol. The fraction of sp³-hybridized carbons (Fsp3) is 0.368. The lowest BCUT2D eigenvalue weighted by Crippen LogP contribution is -2.41. The van der Waals surface area contributed by atoms with Gasteiger partial charge in [-0.15, -0.1) is 0 Å². The second kappa shape index (κ2) is 6.76. The summed E-state index contributed by atoms with van der Waals surface area (Å²) in [5, 5.41) is 0.328. The van der Waals surface area contributed by atoms with Gasteiger partial charge < -0.3 is 9.47 Å². The molecule has 1 aliphatic heterocycles. The molecule has 1 aliphatic rings. The molecule has 2 aromatic rings. The number of benzene rings is 2. The van der Waals surface area contributed by atoms with Crippen molar-refractivity contribution in [1.82, 2.24) is 4.72 Å². The summed E-state index contributed by atoms with van der Waals surface area (Å²) in [6, 6.07) is 9.89. The van der Waals surface area contributed by atoms with E-state index >= 15 is 0 Å². The Morgan fingerprint density at radius 1 is 1.23 bits per heavy atom. The average Bonchev–Trinajstić information content (AvgIpc) is 2.52. The van der Waals surface area contributed by atoms with E-state index in [9.17, 15) is 8.42 Å². The Kier molecular flexibility index (Phi) is 4.94. The maximum atomic E-state index is 13.0. The minimum atomic E-state index is -3.84. The zero-order valence-corrected chi connectivity index (χ0v) is 16.7. The molecule has 0 fully saturated rings. The molecule has 1 N–H and O–H groups in total. The van der Waals surface area contributed by atoms with Crippen LogP contribution in [0.15, 0.2) is 41.3 Å². The molecular formula is C19H22ClNO4S. The fourth-order valence-corrected chi connectivity index (χ4v) is 4.82. The largest absolute Gasteiger partial charge is 0.495 e. The first-order chi connectivity index (χ1) is 12.1. The van der Waals surface area contributed by atoms with Crippen molar-refractivity contribution in [2.75, 3.05) is 7.11 Å². The molecule has 3 rings (SSSR count). The van der Waals surface area contributed by atoms with E-state index < -0.39 is 21.7 Å². The van der Waals surface area contributed by atoms with E-state index in [2.05, 4.69) is 4.72 Å². The summed E-state index contributed by atoms with van der Waals surface area (Å²) >= 11 is 6.00. The van der Waals surface area contributed by atoms with Crippen LogP contribution in [-0.2, 0) is 10.0 Å². The summed E-state index contributed by atoms with van der Waals surface area (Å²) in [6.07, 6.45) is 0.505. The highest BCUT2D eigenvalue weighted by Gasteiger charge is 2.36. The molecule has 0 spiro atoms. The highest BCUT2D eigenvalue weighted by molar-refractivity contribution is 7.89. The summed E-state index contributed by atoms with van der Waals surface area (Å²) in [5.74, 6) is 0.948. The van der Waals surface area contributed by atoms with E-state index in [1.165, 1.54) is 13.2 Å². The third-order valence-electron chi connectivity index (χ3n) is 4.34. The van der Waals surface area contributed by atoms with Crippen LogP contribution in [0.5, 0.6) is 11.5 Å². The minimum absolute atomic E-state index is 0.0189. The summed E-state index contributed by atoms with van der Waals surface area (Å²) in [6.45, 7) is 5.86. The van der Waals surface area contributed by atoms with Crippen molar-refractivity contribution >= 4 is 21.6 Å². The summed E-state index contributed by atoms with van der Waals surface area (Å²) < 4.78 is 40.1. The molecule has 0 aromatic heterocycles. The number of aryl methyl sites for hydroxylation is 1. The molecule has 26 heavy (non-hydrogen) atoms. The number of nitrogens with one attached hydrogen (secondary N) is 1. The van der Waals surface area contributed by atoms with Crippen molar-refractivity contribution in [3.05, 3.63) is 52.5 Å². The van der Waals surface area contributed by atoms with Gasteiger partial charge in [0.15, 0.2) is 0 Å². The van der Waals surface area contributed by atoms with Gasteiger partial charge in [-0.1, -0.05) is 23.7 Å². The molecule has 0 bridgehead atoms. The lowest BCUT2D eigenvalue weighted by atomic mass is 9.90. The van der Waals surface area contributed by atoms with Crippen LogP contribution in [0.4, 0.5) is 0 Å². The molecule has 140 valence electrons. The van der Waals surface area contributed by atoms with Gasteiger partial charge in [-0.3, -0.25) is 0 Å². The lowest BCUT2D eigenvalue weighted by Gasteiger charge is -2.38. The number of sulfonamides is 1. The quantitative estimate of drug-likeness (QED) is 0.840. The van der Waals surface area contributed by atoms with Crippen LogP contribution < -0.4 is 14.2 Å². The maximum absolute atomic E-state index is 13.0. The van der Waals surface area contributed by atoms with Crippen LogP contribution in [0.3, 0.4) is 0 Å². The van der Waals surface area contributed by atoms with E-state index in [4.69, 9.17) is 21.1 Å². The molecule has 0 aliphatic carbocycles. The lowest BCUT2D eigenvalue weighted by molar-refractivity contribution is 0.0701. The first kappa shape index (κ1) is 19.0. The molecule has 0 unspecified atom stereocenters. The maximum Gasteiger partial charge on any atom is 0.244 e. The van der Waals surface area contributed by atoms with Gasteiger partial charge >= 0.3 is 0 Å². The summed E-state index contributed by atoms with van der Waals surface area (Å²) in [5.41, 5.74) is 1.38.